The molecule has 17 heavy (non-hydrogen) atoms. The Labute approximate surface area is 116 Å². The molecule has 1 aliphatic rings. The zero-order valence-electron chi connectivity index (χ0n) is 10.0. The van der Waals surface area contributed by atoms with Crippen molar-refractivity contribution in [1.29, 1.82) is 0 Å². The largest absolute Gasteiger partial charge is 0.330 e. The van der Waals surface area contributed by atoms with E-state index in [1.807, 2.05) is 12.1 Å². The van der Waals surface area contributed by atoms with E-state index in [0.29, 0.717) is 5.41 Å². The lowest BCUT2D eigenvalue weighted by atomic mass is 9.90. The van der Waals surface area contributed by atoms with Gasteiger partial charge in [0.15, 0.2) is 0 Å². The molecule has 2 N–H and O–H groups in total. The maximum absolute atomic E-state index is 6.10. The molecule has 1 fully saturated rings. The SMILES string of the molecule is CC1(CN)CCN(Cc2ccc(Br)c(Cl)c2)C1. The van der Waals surface area contributed by atoms with Gasteiger partial charge >= 0.3 is 0 Å². The first-order valence-corrected chi connectivity index (χ1v) is 7.06. The van der Waals surface area contributed by atoms with Crippen LogP contribution in [0.4, 0.5) is 0 Å². The third kappa shape index (κ3) is 3.22. The second kappa shape index (κ2) is 5.27. The molecule has 0 saturated carbocycles. The van der Waals surface area contributed by atoms with Crippen molar-refractivity contribution in [2.75, 3.05) is 19.6 Å². The highest BCUT2D eigenvalue weighted by Crippen LogP contribution is 2.30. The van der Waals surface area contributed by atoms with Gasteiger partial charge in [-0.3, -0.25) is 4.90 Å². The molecule has 0 aromatic heterocycles. The fraction of sp³-hybridized carbons (Fsp3) is 0.538. The van der Waals surface area contributed by atoms with E-state index in [-0.39, 0.29) is 0 Å². The van der Waals surface area contributed by atoms with Crippen molar-refractivity contribution in [3.05, 3.63) is 33.3 Å². The number of likely N-dealkylation sites (tertiary alicyclic amines) is 1. The molecule has 0 aliphatic carbocycles. The molecule has 1 aromatic rings. The third-order valence-electron chi connectivity index (χ3n) is 3.52. The molecular formula is C13H18BrClN2. The molecule has 1 aromatic carbocycles. The van der Waals surface area contributed by atoms with Gasteiger partial charge in [0.05, 0.1) is 5.02 Å². The zero-order chi connectivity index (χ0) is 12.5. The van der Waals surface area contributed by atoms with E-state index in [4.69, 9.17) is 17.3 Å². The van der Waals surface area contributed by atoms with Crippen LogP contribution in [-0.4, -0.2) is 24.5 Å². The average Bonchev–Trinajstić information content (AvgIpc) is 2.67. The minimum absolute atomic E-state index is 0.291. The number of nitrogens with two attached hydrogens (primary N) is 1. The minimum Gasteiger partial charge on any atom is -0.330 e. The highest BCUT2D eigenvalue weighted by molar-refractivity contribution is 9.10. The normalized spacial score (nSPS) is 25.4. The van der Waals surface area contributed by atoms with Crippen molar-refractivity contribution in [3.63, 3.8) is 0 Å². The molecule has 0 bridgehead atoms. The number of halogens is 2. The van der Waals surface area contributed by atoms with Gasteiger partial charge in [-0.2, -0.15) is 0 Å². The van der Waals surface area contributed by atoms with Gasteiger partial charge in [0.2, 0.25) is 0 Å². The number of benzene rings is 1. The van der Waals surface area contributed by atoms with Crippen LogP contribution in [0.5, 0.6) is 0 Å². The van der Waals surface area contributed by atoms with Crippen molar-refractivity contribution in [3.8, 4) is 0 Å². The number of hydrogen-bond donors (Lipinski definition) is 1. The van der Waals surface area contributed by atoms with E-state index < -0.39 is 0 Å². The smallest absolute Gasteiger partial charge is 0.0551 e. The van der Waals surface area contributed by atoms with E-state index in [1.54, 1.807) is 0 Å². The lowest BCUT2D eigenvalue weighted by Gasteiger charge is -2.22. The molecule has 2 nitrogen and oxygen atoms in total. The van der Waals surface area contributed by atoms with Crippen molar-refractivity contribution in [2.45, 2.75) is 19.9 Å². The molecular weight excluding hydrogens is 300 g/mol. The predicted molar refractivity (Wildman–Crippen MR) is 76.2 cm³/mol. The van der Waals surface area contributed by atoms with E-state index in [2.05, 4.69) is 33.8 Å². The summed E-state index contributed by atoms with van der Waals surface area (Å²) in [5.41, 5.74) is 7.37. The number of hydrogen-bond acceptors (Lipinski definition) is 2. The van der Waals surface area contributed by atoms with Crippen molar-refractivity contribution in [2.24, 2.45) is 11.1 Å². The molecule has 0 amide bonds. The number of rotatable bonds is 3. The van der Waals surface area contributed by atoms with Crippen LogP contribution < -0.4 is 5.73 Å². The van der Waals surface area contributed by atoms with Gasteiger partial charge in [0, 0.05) is 17.6 Å². The Balaban J connectivity index is 2.00. The first-order valence-electron chi connectivity index (χ1n) is 5.89. The summed E-state index contributed by atoms with van der Waals surface area (Å²) in [6.45, 7) is 6.20. The fourth-order valence-electron chi connectivity index (χ4n) is 2.32. The van der Waals surface area contributed by atoms with Crippen LogP contribution in [0, 0.1) is 5.41 Å². The minimum atomic E-state index is 0.291. The Morgan fingerprint density at radius 3 is 2.88 bits per heavy atom. The van der Waals surface area contributed by atoms with Gasteiger partial charge in [-0.25, -0.2) is 0 Å². The van der Waals surface area contributed by atoms with Crippen LogP contribution in [0.15, 0.2) is 22.7 Å². The maximum Gasteiger partial charge on any atom is 0.0551 e. The van der Waals surface area contributed by atoms with Crippen molar-refractivity contribution < 1.29 is 0 Å². The first kappa shape index (κ1) is 13.3. The topological polar surface area (TPSA) is 29.3 Å². The second-order valence-corrected chi connectivity index (χ2v) is 6.49. The van der Waals surface area contributed by atoms with Gasteiger partial charge in [-0.1, -0.05) is 24.6 Å². The van der Waals surface area contributed by atoms with E-state index in [0.717, 1.165) is 35.7 Å². The summed E-state index contributed by atoms with van der Waals surface area (Å²) in [5.74, 6) is 0. The molecule has 94 valence electrons. The Bertz CT molecular complexity index is 410. The Kier molecular flexibility index (Phi) is 4.14. The average molecular weight is 318 g/mol. The molecule has 1 unspecified atom stereocenters. The molecule has 2 rings (SSSR count). The van der Waals surface area contributed by atoms with Crippen molar-refractivity contribution >= 4 is 27.5 Å². The summed E-state index contributed by atoms with van der Waals surface area (Å²) in [7, 11) is 0. The van der Waals surface area contributed by atoms with Crippen LogP contribution in [0.25, 0.3) is 0 Å². The second-order valence-electron chi connectivity index (χ2n) is 5.22. The molecule has 1 aliphatic heterocycles. The van der Waals surface area contributed by atoms with Gasteiger partial charge in [0.25, 0.3) is 0 Å². The van der Waals surface area contributed by atoms with E-state index in [9.17, 15) is 0 Å². The molecule has 1 atom stereocenters. The van der Waals surface area contributed by atoms with Gasteiger partial charge < -0.3 is 5.73 Å². The Hall–Kier alpha value is -0.0900. The van der Waals surface area contributed by atoms with Crippen LogP contribution in [0.2, 0.25) is 5.02 Å². The quantitative estimate of drug-likeness (QED) is 0.927. The zero-order valence-corrected chi connectivity index (χ0v) is 12.4. The van der Waals surface area contributed by atoms with Gasteiger partial charge in [0.1, 0.15) is 0 Å². The summed E-state index contributed by atoms with van der Waals surface area (Å²) in [6.07, 6.45) is 1.19. The van der Waals surface area contributed by atoms with E-state index >= 15 is 0 Å². The third-order valence-corrected chi connectivity index (χ3v) is 4.75. The Morgan fingerprint density at radius 1 is 1.53 bits per heavy atom. The van der Waals surface area contributed by atoms with Crippen LogP contribution in [0.1, 0.15) is 18.9 Å². The van der Waals surface area contributed by atoms with Crippen LogP contribution in [0.3, 0.4) is 0 Å². The molecule has 1 saturated heterocycles. The van der Waals surface area contributed by atoms with Crippen molar-refractivity contribution in [1.82, 2.24) is 4.90 Å². The molecule has 1 heterocycles. The van der Waals surface area contributed by atoms with Gasteiger partial charge in [-0.05, 0) is 58.6 Å². The summed E-state index contributed by atoms with van der Waals surface area (Å²) in [4.78, 5) is 2.45. The highest BCUT2D eigenvalue weighted by Gasteiger charge is 2.32. The number of nitrogens with zero attached hydrogens (tertiary/aromatic N) is 1. The van der Waals surface area contributed by atoms with E-state index in [1.165, 1.54) is 12.0 Å². The summed E-state index contributed by atoms with van der Waals surface area (Å²) >= 11 is 9.51. The lowest BCUT2D eigenvalue weighted by molar-refractivity contribution is 0.274. The highest BCUT2D eigenvalue weighted by atomic mass is 79.9. The van der Waals surface area contributed by atoms with Crippen LogP contribution >= 0.6 is 27.5 Å². The Morgan fingerprint density at radius 2 is 2.29 bits per heavy atom. The fourth-order valence-corrected chi connectivity index (χ4v) is 2.77. The molecule has 0 spiro atoms. The predicted octanol–water partition coefficient (Wildman–Crippen LogP) is 3.27. The monoisotopic (exact) mass is 316 g/mol. The summed E-state index contributed by atoms with van der Waals surface area (Å²) < 4.78 is 0.955. The molecule has 0 radical (unpaired) electrons. The first-order chi connectivity index (χ1) is 8.02. The van der Waals surface area contributed by atoms with Gasteiger partial charge in [-0.15, -0.1) is 0 Å². The maximum atomic E-state index is 6.10. The summed E-state index contributed by atoms with van der Waals surface area (Å²) in [6, 6.07) is 6.16. The summed E-state index contributed by atoms with van der Waals surface area (Å²) in [5, 5.41) is 0.781. The molecule has 4 heteroatoms. The standard InChI is InChI=1S/C13H18BrClN2/c1-13(8-16)4-5-17(9-13)7-10-2-3-11(14)12(15)6-10/h2-3,6H,4-5,7-9,16H2,1H3. The lowest BCUT2D eigenvalue weighted by Crippen LogP contribution is -2.31. The van der Waals surface area contributed by atoms with Crippen LogP contribution in [-0.2, 0) is 6.54 Å².